The van der Waals surface area contributed by atoms with E-state index in [4.69, 9.17) is 0 Å². The Hall–Kier alpha value is 0.870. The molecule has 6 heteroatoms. The summed E-state index contributed by atoms with van der Waals surface area (Å²) in [5.74, 6) is 0.787. The fraction of sp³-hybridized carbons (Fsp3) is 1.00. The Morgan fingerprint density at radius 2 is 1.32 bits per heavy atom. The maximum atomic E-state index is 10.2. The molecule has 0 aromatic rings. The van der Waals surface area contributed by atoms with Crippen LogP contribution in [0.25, 0.3) is 0 Å². The molecule has 0 N–H and O–H groups in total. The van der Waals surface area contributed by atoms with E-state index >= 15 is 0 Å². The summed E-state index contributed by atoms with van der Waals surface area (Å²) >= 11 is 0. The van der Waals surface area contributed by atoms with Gasteiger partial charge >= 0.3 is 29.6 Å². The molecule has 0 rings (SSSR count). The third-order valence-electron chi connectivity index (χ3n) is 3.87. The van der Waals surface area contributed by atoms with E-state index in [1.807, 2.05) is 0 Å². The molecular formula is C16H33NaO4S. The molecule has 0 saturated carbocycles. The molecule has 0 amide bonds. The largest absolute Gasteiger partial charge is 1.00 e. The molecule has 0 saturated heterocycles. The average Bonchev–Trinajstić information content (AvgIpc) is 2.40. The molecule has 0 aromatic heterocycles. The average molecular weight is 344 g/mol. The Kier molecular flexibility index (Phi) is 19.1. The minimum Gasteiger partial charge on any atom is -0.726 e. The second kappa shape index (κ2) is 16.7. The van der Waals surface area contributed by atoms with E-state index in [0.29, 0.717) is 6.42 Å². The zero-order chi connectivity index (χ0) is 16.0. The third kappa shape index (κ3) is 20.9. The topological polar surface area (TPSA) is 66.4 Å². The predicted octanol–water partition coefficient (Wildman–Crippen LogP) is 1.80. The van der Waals surface area contributed by atoms with E-state index in [1.54, 1.807) is 0 Å². The number of unbranched alkanes of at least 4 members (excludes halogenated alkanes) is 8. The van der Waals surface area contributed by atoms with E-state index in [1.165, 1.54) is 57.8 Å². The molecule has 0 heterocycles. The van der Waals surface area contributed by atoms with Crippen LogP contribution >= 0.6 is 0 Å². The SMILES string of the molecule is CCCCCCCCC(C)CCCCCCOS(=O)(=O)[O-].[Na+]. The van der Waals surface area contributed by atoms with Crippen LogP contribution < -0.4 is 29.6 Å². The monoisotopic (exact) mass is 344 g/mol. The molecule has 22 heavy (non-hydrogen) atoms. The second-order valence-electron chi connectivity index (χ2n) is 6.09. The summed E-state index contributed by atoms with van der Waals surface area (Å²) in [7, 11) is -4.50. The van der Waals surface area contributed by atoms with Gasteiger partial charge in [-0.3, -0.25) is 4.18 Å². The van der Waals surface area contributed by atoms with Crippen molar-refractivity contribution >= 4 is 10.4 Å². The Morgan fingerprint density at radius 3 is 1.82 bits per heavy atom. The summed E-state index contributed by atoms with van der Waals surface area (Å²) in [6.07, 6.45) is 14.6. The zero-order valence-corrected chi connectivity index (χ0v) is 17.6. The Morgan fingerprint density at radius 1 is 0.864 bits per heavy atom. The predicted molar refractivity (Wildman–Crippen MR) is 85.9 cm³/mol. The molecule has 128 valence electrons. The van der Waals surface area contributed by atoms with Gasteiger partial charge < -0.3 is 4.55 Å². The van der Waals surface area contributed by atoms with E-state index in [-0.39, 0.29) is 36.2 Å². The molecule has 0 aliphatic heterocycles. The van der Waals surface area contributed by atoms with Crippen LogP contribution in [0.4, 0.5) is 0 Å². The van der Waals surface area contributed by atoms with E-state index in [9.17, 15) is 13.0 Å². The third-order valence-corrected chi connectivity index (χ3v) is 4.32. The van der Waals surface area contributed by atoms with Crippen LogP contribution in [0.1, 0.15) is 90.9 Å². The van der Waals surface area contributed by atoms with Crippen molar-refractivity contribution in [3.63, 3.8) is 0 Å². The van der Waals surface area contributed by atoms with Crippen molar-refractivity contribution in [3.8, 4) is 0 Å². The zero-order valence-electron chi connectivity index (χ0n) is 14.8. The van der Waals surface area contributed by atoms with Gasteiger partial charge in [0.2, 0.25) is 10.4 Å². The molecule has 0 fully saturated rings. The number of rotatable bonds is 15. The van der Waals surface area contributed by atoms with Gasteiger partial charge in [-0.1, -0.05) is 84.5 Å². The van der Waals surface area contributed by atoms with Crippen molar-refractivity contribution in [1.29, 1.82) is 0 Å². The quantitative estimate of drug-likeness (QED) is 0.197. The Bertz CT molecular complexity index is 320. The minimum absolute atomic E-state index is 0. The van der Waals surface area contributed by atoms with Crippen molar-refractivity contribution in [2.24, 2.45) is 5.92 Å². The Balaban J connectivity index is 0. The van der Waals surface area contributed by atoms with Crippen molar-refractivity contribution in [2.75, 3.05) is 6.61 Å². The van der Waals surface area contributed by atoms with E-state index in [2.05, 4.69) is 18.0 Å². The minimum atomic E-state index is -4.50. The molecule has 0 aromatic carbocycles. The Labute approximate surface area is 160 Å². The first-order valence-corrected chi connectivity index (χ1v) is 9.89. The number of hydrogen-bond acceptors (Lipinski definition) is 4. The van der Waals surface area contributed by atoms with Crippen LogP contribution in [0.15, 0.2) is 0 Å². The smallest absolute Gasteiger partial charge is 0.726 e. The molecule has 0 aliphatic rings. The van der Waals surface area contributed by atoms with E-state index < -0.39 is 10.4 Å². The first-order chi connectivity index (χ1) is 9.95. The van der Waals surface area contributed by atoms with Crippen LogP contribution in [0.2, 0.25) is 0 Å². The standard InChI is InChI=1S/C16H34O4S.Na/c1-3-4-5-6-7-10-13-16(2)14-11-8-9-12-15-20-21(17,18)19;/h16H,3-15H2,1-2H3,(H,17,18,19);/q;+1/p-1. The maximum Gasteiger partial charge on any atom is 1.00 e. The first kappa shape index (κ1) is 25.1. The van der Waals surface area contributed by atoms with Crippen molar-refractivity contribution in [3.05, 3.63) is 0 Å². The molecule has 0 bridgehead atoms. The van der Waals surface area contributed by atoms with Gasteiger partial charge in [-0.2, -0.15) is 0 Å². The summed E-state index contributed by atoms with van der Waals surface area (Å²) < 4.78 is 34.8. The fourth-order valence-corrected chi connectivity index (χ4v) is 2.85. The maximum absolute atomic E-state index is 10.2. The van der Waals surface area contributed by atoms with Crippen molar-refractivity contribution < 1.29 is 46.7 Å². The fourth-order valence-electron chi connectivity index (χ4n) is 2.53. The molecule has 1 atom stereocenters. The van der Waals surface area contributed by atoms with Crippen molar-refractivity contribution in [1.82, 2.24) is 0 Å². The summed E-state index contributed by atoms with van der Waals surface area (Å²) in [4.78, 5) is 0. The summed E-state index contributed by atoms with van der Waals surface area (Å²) in [5, 5.41) is 0. The summed E-state index contributed by atoms with van der Waals surface area (Å²) in [5.41, 5.74) is 0. The molecule has 0 aliphatic carbocycles. The van der Waals surface area contributed by atoms with Crippen LogP contribution in [0.3, 0.4) is 0 Å². The van der Waals surface area contributed by atoms with Crippen LogP contribution in [0, 0.1) is 5.92 Å². The van der Waals surface area contributed by atoms with Gasteiger partial charge in [-0.25, -0.2) is 8.42 Å². The molecule has 1 unspecified atom stereocenters. The normalized spacial score (nSPS) is 12.9. The van der Waals surface area contributed by atoms with Gasteiger partial charge in [-0.15, -0.1) is 0 Å². The van der Waals surface area contributed by atoms with Crippen molar-refractivity contribution in [2.45, 2.75) is 90.9 Å². The van der Waals surface area contributed by atoms with Gasteiger partial charge in [0, 0.05) is 0 Å². The van der Waals surface area contributed by atoms with Gasteiger partial charge in [0.25, 0.3) is 0 Å². The molecule has 4 nitrogen and oxygen atoms in total. The first-order valence-electron chi connectivity index (χ1n) is 8.56. The van der Waals surface area contributed by atoms with Gasteiger partial charge in [-0.05, 0) is 12.3 Å². The van der Waals surface area contributed by atoms with Gasteiger partial charge in [0.1, 0.15) is 0 Å². The van der Waals surface area contributed by atoms with E-state index in [0.717, 1.165) is 18.8 Å². The van der Waals surface area contributed by atoms with Gasteiger partial charge in [0.15, 0.2) is 0 Å². The van der Waals surface area contributed by atoms with Gasteiger partial charge in [0.05, 0.1) is 6.61 Å². The molecule has 0 spiro atoms. The van der Waals surface area contributed by atoms with Crippen LogP contribution in [0.5, 0.6) is 0 Å². The van der Waals surface area contributed by atoms with Crippen LogP contribution in [-0.2, 0) is 14.6 Å². The number of hydrogen-bond donors (Lipinski definition) is 0. The summed E-state index contributed by atoms with van der Waals surface area (Å²) in [6, 6.07) is 0. The molecular weight excluding hydrogens is 311 g/mol. The summed E-state index contributed by atoms with van der Waals surface area (Å²) in [6.45, 7) is 4.59. The van der Waals surface area contributed by atoms with Crippen LogP contribution in [-0.4, -0.2) is 19.6 Å². The molecule has 0 radical (unpaired) electrons. The second-order valence-corrected chi connectivity index (χ2v) is 7.15.